The number of hydrogen-bond donors (Lipinski definition) is 1. The molecule has 1 aromatic heterocycles. The predicted octanol–water partition coefficient (Wildman–Crippen LogP) is 3.92. The van der Waals surface area contributed by atoms with Gasteiger partial charge in [0.05, 0.1) is 10.7 Å². The lowest BCUT2D eigenvalue weighted by Gasteiger charge is -2.08. The second-order valence-corrected chi connectivity index (χ2v) is 4.71. The number of nitrogens with zero attached hydrogens (tertiary/aromatic N) is 2. The highest BCUT2D eigenvalue weighted by Crippen LogP contribution is 2.33. The van der Waals surface area contributed by atoms with E-state index in [9.17, 15) is 0 Å². The van der Waals surface area contributed by atoms with E-state index in [-0.39, 0.29) is 11.2 Å². The van der Waals surface area contributed by atoms with Crippen LogP contribution in [0.4, 0.5) is 5.69 Å². The molecule has 88 valence electrons. The van der Waals surface area contributed by atoms with E-state index >= 15 is 0 Å². The molecule has 0 spiro atoms. The first-order valence-corrected chi connectivity index (χ1v) is 6.02. The first kappa shape index (κ1) is 12.4. The van der Waals surface area contributed by atoms with E-state index in [4.69, 9.17) is 33.7 Å². The molecule has 0 atom stereocenters. The van der Waals surface area contributed by atoms with Crippen LogP contribution in [0.1, 0.15) is 0 Å². The summed E-state index contributed by atoms with van der Waals surface area (Å²) in [6.45, 7) is 0. The summed E-state index contributed by atoms with van der Waals surface area (Å²) in [6.07, 6.45) is 1.38. The summed E-state index contributed by atoms with van der Waals surface area (Å²) in [5.74, 6) is 0.740. The monoisotopic (exact) mass is 333 g/mol. The lowest BCUT2D eigenvalue weighted by Crippen LogP contribution is -1.97. The lowest BCUT2D eigenvalue weighted by atomic mass is 10.3. The van der Waals surface area contributed by atoms with E-state index in [2.05, 4.69) is 25.9 Å². The molecule has 2 aromatic rings. The maximum absolute atomic E-state index is 5.82. The molecule has 0 bridgehead atoms. The molecule has 17 heavy (non-hydrogen) atoms. The average molecular weight is 335 g/mol. The van der Waals surface area contributed by atoms with Crippen molar-refractivity contribution in [2.45, 2.75) is 0 Å². The van der Waals surface area contributed by atoms with E-state index in [1.165, 1.54) is 6.20 Å². The molecular formula is C10H6BrCl2N3O. The molecule has 2 N–H and O–H groups in total. The number of nitrogen functional groups attached to an aromatic ring is 1. The van der Waals surface area contributed by atoms with Crippen LogP contribution in [0.2, 0.25) is 10.3 Å². The maximum atomic E-state index is 5.82. The van der Waals surface area contributed by atoms with Crippen LogP contribution in [0, 0.1) is 0 Å². The van der Waals surface area contributed by atoms with Crippen LogP contribution in [0.5, 0.6) is 11.6 Å². The number of hydrogen-bond acceptors (Lipinski definition) is 4. The van der Waals surface area contributed by atoms with Crippen molar-refractivity contribution in [1.29, 1.82) is 0 Å². The number of rotatable bonds is 2. The van der Waals surface area contributed by atoms with Gasteiger partial charge >= 0.3 is 0 Å². The van der Waals surface area contributed by atoms with Crippen molar-refractivity contribution in [3.8, 4) is 11.6 Å². The van der Waals surface area contributed by atoms with Crippen LogP contribution in [0.25, 0.3) is 0 Å². The fraction of sp³-hybridized carbons (Fsp3) is 0. The molecule has 0 fully saturated rings. The smallest absolute Gasteiger partial charge is 0.247 e. The Bertz CT molecular complexity index is 565. The number of halogens is 3. The summed E-state index contributed by atoms with van der Waals surface area (Å²) in [5, 5.41) is 0.664. The Morgan fingerprint density at radius 1 is 1.29 bits per heavy atom. The highest BCUT2D eigenvalue weighted by atomic mass is 79.9. The summed E-state index contributed by atoms with van der Waals surface area (Å²) in [6, 6.07) is 5.10. The normalized spacial score (nSPS) is 10.3. The third kappa shape index (κ3) is 3.00. The number of nitrogens with two attached hydrogens (primary N) is 1. The van der Waals surface area contributed by atoms with Gasteiger partial charge in [0.2, 0.25) is 11.2 Å². The van der Waals surface area contributed by atoms with E-state index in [1.807, 2.05) is 0 Å². The quantitative estimate of drug-likeness (QED) is 0.845. The Kier molecular flexibility index (Phi) is 3.71. The maximum Gasteiger partial charge on any atom is 0.247 e. The van der Waals surface area contributed by atoms with Crippen LogP contribution >= 0.6 is 39.1 Å². The topological polar surface area (TPSA) is 61.0 Å². The largest absolute Gasteiger partial charge is 0.436 e. The first-order chi connectivity index (χ1) is 8.06. The Hall–Kier alpha value is -1.04. The summed E-state index contributed by atoms with van der Waals surface area (Å²) >= 11 is 14.8. The minimum absolute atomic E-state index is 0.0688. The van der Waals surface area contributed by atoms with Gasteiger partial charge in [-0.3, -0.25) is 0 Å². The predicted molar refractivity (Wildman–Crippen MR) is 70.7 cm³/mol. The van der Waals surface area contributed by atoms with Crippen LogP contribution in [0.15, 0.2) is 28.9 Å². The molecule has 0 aliphatic rings. The van der Waals surface area contributed by atoms with Gasteiger partial charge in [0.15, 0.2) is 0 Å². The minimum atomic E-state index is 0.0688. The molecular weight excluding hydrogens is 329 g/mol. The first-order valence-electron chi connectivity index (χ1n) is 4.47. The number of ether oxygens (including phenoxy) is 1. The third-order valence-electron chi connectivity index (χ3n) is 1.85. The number of aromatic nitrogens is 2. The Balaban J connectivity index is 2.34. The fourth-order valence-corrected chi connectivity index (χ4v) is 1.99. The van der Waals surface area contributed by atoms with Crippen molar-refractivity contribution in [2.75, 3.05) is 5.73 Å². The van der Waals surface area contributed by atoms with Crippen molar-refractivity contribution in [2.24, 2.45) is 0 Å². The van der Waals surface area contributed by atoms with Crippen molar-refractivity contribution < 1.29 is 4.74 Å². The highest BCUT2D eigenvalue weighted by Gasteiger charge is 2.09. The third-order valence-corrected chi connectivity index (χ3v) is 2.89. The molecule has 0 aliphatic heterocycles. The summed E-state index contributed by atoms with van der Waals surface area (Å²) < 4.78 is 6.20. The van der Waals surface area contributed by atoms with Crippen molar-refractivity contribution in [1.82, 2.24) is 9.97 Å². The van der Waals surface area contributed by atoms with E-state index < -0.39 is 0 Å². The summed E-state index contributed by atoms with van der Waals surface area (Å²) in [5.41, 5.74) is 5.97. The van der Waals surface area contributed by atoms with Crippen molar-refractivity contribution >= 4 is 44.8 Å². The molecule has 0 unspecified atom stereocenters. The lowest BCUT2D eigenvalue weighted by molar-refractivity contribution is 0.461. The zero-order chi connectivity index (χ0) is 12.4. The van der Waals surface area contributed by atoms with Crippen LogP contribution in [0.3, 0.4) is 0 Å². The molecule has 0 saturated heterocycles. The second-order valence-electron chi connectivity index (χ2n) is 3.08. The molecule has 0 amide bonds. The van der Waals surface area contributed by atoms with Crippen LogP contribution in [-0.2, 0) is 0 Å². The van der Waals surface area contributed by atoms with Crippen LogP contribution in [-0.4, -0.2) is 9.97 Å². The fourth-order valence-electron chi connectivity index (χ4n) is 1.10. The summed E-state index contributed by atoms with van der Waals surface area (Å²) in [4.78, 5) is 7.62. The van der Waals surface area contributed by atoms with Gasteiger partial charge in [-0.15, -0.1) is 0 Å². The minimum Gasteiger partial charge on any atom is -0.436 e. The van der Waals surface area contributed by atoms with Gasteiger partial charge in [0.1, 0.15) is 11.4 Å². The molecule has 1 aromatic carbocycles. The summed E-state index contributed by atoms with van der Waals surface area (Å²) in [7, 11) is 0. The van der Waals surface area contributed by atoms with Gasteiger partial charge in [-0.2, -0.15) is 4.98 Å². The zero-order valence-electron chi connectivity index (χ0n) is 8.32. The second kappa shape index (κ2) is 5.08. The van der Waals surface area contributed by atoms with Gasteiger partial charge in [-0.05, 0) is 45.7 Å². The molecule has 1 heterocycles. The molecule has 0 saturated carbocycles. The molecule has 0 radical (unpaired) electrons. The van der Waals surface area contributed by atoms with Crippen molar-refractivity contribution in [3.63, 3.8) is 0 Å². The average Bonchev–Trinajstić information content (AvgIpc) is 2.27. The Morgan fingerprint density at radius 2 is 2.06 bits per heavy atom. The highest BCUT2D eigenvalue weighted by molar-refractivity contribution is 9.10. The van der Waals surface area contributed by atoms with Gasteiger partial charge < -0.3 is 10.5 Å². The Labute approximate surface area is 116 Å². The van der Waals surface area contributed by atoms with Gasteiger partial charge in [-0.25, -0.2) is 4.98 Å². The van der Waals surface area contributed by atoms with Crippen molar-refractivity contribution in [3.05, 3.63) is 39.2 Å². The van der Waals surface area contributed by atoms with E-state index in [0.29, 0.717) is 20.9 Å². The zero-order valence-corrected chi connectivity index (χ0v) is 11.4. The molecule has 4 nitrogen and oxygen atoms in total. The van der Waals surface area contributed by atoms with Gasteiger partial charge in [-0.1, -0.05) is 11.6 Å². The standard InChI is InChI=1S/C10H6BrCl2N3O/c11-6-3-5(12)1-2-8(6)17-9-7(14)4-15-10(13)16-9/h1-4H,14H2. The van der Waals surface area contributed by atoms with Gasteiger partial charge in [0.25, 0.3) is 0 Å². The number of anilines is 1. The molecule has 7 heteroatoms. The van der Waals surface area contributed by atoms with E-state index in [0.717, 1.165) is 0 Å². The van der Waals surface area contributed by atoms with E-state index in [1.54, 1.807) is 18.2 Å². The van der Waals surface area contributed by atoms with Gasteiger partial charge in [0, 0.05) is 5.02 Å². The molecule has 0 aliphatic carbocycles. The molecule has 2 rings (SSSR count). The Morgan fingerprint density at radius 3 is 2.76 bits per heavy atom. The van der Waals surface area contributed by atoms with Crippen LogP contribution < -0.4 is 10.5 Å². The number of benzene rings is 1. The SMILES string of the molecule is Nc1cnc(Cl)nc1Oc1ccc(Cl)cc1Br.